The van der Waals surface area contributed by atoms with Gasteiger partial charge in [-0.15, -0.1) is 0 Å². The van der Waals surface area contributed by atoms with E-state index in [4.69, 9.17) is 0 Å². The van der Waals surface area contributed by atoms with E-state index in [1.54, 1.807) is 30.5 Å². The number of fused-ring (bicyclic) bond motifs is 1. The van der Waals surface area contributed by atoms with Crippen molar-refractivity contribution in [3.63, 3.8) is 0 Å². The first-order chi connectivity index (χ1) is 15.2. The maximum absolute atomic E-state index is 12.7. The monoisotopic (exact) mass is 513 g/mol. The number of hydrogen-bond donors (Lipinski definition) is 4. The summed E-state index contributed by atoms with van der Waals surface area (Å²) in [6.45, 7) is 0. The molecule has 0 radical (unpaired) electrons. The van der Waals surface area contributed by atoms with E-state index < -0.39 is 21.9 Å². The second-order valence-corrected chi connectivity index (χ2v) is 9.46. The normalized spacial score (nSPS) is 11.3. The van der Waals surface area contributed by atoms with Gasteiger partial charge < -0.3 is 15.4 Å². The third-order valence-corrected chi connectivity index (χ3v) is 6.58. The highest BCUT2D eigenvalue weighted by molar-refractivity contribution is 9.10. The predicted octanol–water partition coefficient (Wildman–Crippen LogP) is 4.68. The van der Waals surface area contributed by atoms with Crippen molar-refractivity contribution in [2.75, 3.05) is 10.0 Å². The molecule has 4 N–H and O–H groups in total. The summed E-state index contributed by atoms with van der Waals surface area (Å²) in [6, 6.07) is 16.8. The van der Waals surface area contributed by atoms with Crippen LogP contribution in [0.25, 0.3) is 10.9 Å². The molecule has 0 atom stereocenters. The minimum atomic E-state index is -3.86. The number of H-pyrrole nitrogens is 1. The molecule has 0 aliphatic rings. The van der Waals surface area contributed by atoms with Crippen molar-refractivity contribution >= 4 is 60.1 Å². The van der Waals surface area contributed by atoms with Gasteiger partial charge in [0.25, 0.3) is 15.9 Å². The topological polar surface area (TPSA) is 128 Å². The zero-order valence-electron chi connectivity index (χ0n) is 16.3. The number of benzene rings is 3. The number of hydrogen-bond acceptors (Lipinski definition) is 4. The molecule has 8 nitrogen and oxygen atoms in total. The number of aromatic nitrogens is 1. The van der Waals surface area contributed by atoms with Crippen LogP contribution in [0.1, 0.15) is 20.7 Å². The fourth-order valence-electron chi connectivity index (χ4n) is 3.11. The zero-order valence-corrected chi connectivity index (χ0v) is 18.7. The van der Waals surface area contributed by atoms with Crippen LogP contribution in [0.15, 0.2) is 82.3 Å². The van der Waals surface area contributed by atoms with Crippen molar-refractivity contribution in [3.8, 4) is 0 Å². The second-order valence-electron chi connectivity index (χ2n) is 6.86. The van der Waals surface area contributed by atoms with Gasteiger partial charge in [0.2, 0.25) is 0 Å². The molecule has 32 heavy (non-hydrogen) atoms. The number of nitrogens with one attached hydrogen (secondary N) is 3. The van der Waals surface area contributed by atoms with Crippen LogP contribution in [-0.4, -0.2) is 30.4 Å². The van der Waals surface area contributed by atoms with E-state index in [0.29, 0.717) is 10.2 Å². The van der Waals surface area contributed by atoms with Crippen molar-refractivity contribution in [1.29, 1.82) is 0 Å². The minimum absolute atomic E-state index is 0.0157. The molecule has 0 saturated heterocycles. The van der Waals surface area contributed by atoms with Crippen molar-refractivity contribution in [1.82, 2.24) is 4.98 Å². The number of amides is 1. The van der Waals surface area contributed by atoms with Crippen LogP contribution in [0.3, 0.4) is 0 Å². The summed E-state index contributed by atoms with van der Waals surface area (Å²) in [5, 5.41) is 12.7. The van der Waals surface area contributed by atoms with Gasteiger partial charge in [-0.05, 0) is 66.7 Å². The lowest BCUT2D eigenvalue weighted by Gasteiger charge is -2.11. The van der Waals surface area contributed by atoms with E-state index in [-0.39, 0.29) is 21.7 Å². The average Bonchev–Trinajstić information content (AvgIpc) is 3.22. The Hall–Kier alpha value is -3.63. The van der Waals surface area contributed by atoms with Crippen molar-refractivity contribution < 1.29 is 23.1 Å². The minimum Gasteiger partial charge on any atom is -0.478 e. The fourth-order valence-corrected chi connectivity index (χ4v) is 4.52. The Bertz CT molecular complexity index is 1450. The summed E-state index contributed by atoms with van der Waals surface area (Å²) in [6.07, 6.45) is 1.76. The fraction of sp³-hybridized carbons (Fsp3) is 0. The Balaban J connectivity index is 1.52. The molecule has 0 aliphatic carbocycles. The Labute approximate surface area is 191 Å². The maximum Gasteiger partial charge on any atom is 0.337 e. The number of anilines is 2. The summed E-state index contributed by atoms with van der Waals surface area (Å²) in [7, 11) is -3.86. The number of halogens is 1. The predicted molar refractivity (Wildman–Crippen MR) is 125 cm³/mol. The third kappa shape index (κ3) is 4.51. The molecular weight excluding hydrogens is 498 g/mol. The van der Waals surface area contributed by atoms with Gasteiger partial charge in [-0.3, -0.25) is 9.52 Å². The van der Waals surface area contributed by atoms with E-state index >= 15 is 0 Å². The highest BCUT2D eigenvalue weighted by atomic mass is 79.9. The first kappa shape index (κ1) is 21.6. The number of carbonyl (C=O) groups is 2. The maximum atomic E-state index is 12.7. The summed E-state index contributed by atoms with van der Waals surface area (Å²) in [4.78, 5) is 27.0. The number of carboxylic acids is 1. The van der Waals surface area contributed by atoms with E-state index in [1.807, 2.05) is 6.07 Å². The number of sulfonamides is 1. The van der Waals surface area contributed by atoms with Gasteiger partial charge in [-0.2, -0.15) is 0 Å². The zero-order chi connectivity index (χ0) is 22.9. The Morgan fingerprint density at radius 1 is 0.938 bits per heavy atom. The van der Waals surface area contributed by atoms with E-state index in [2.05, 4.69) is 31.0 Å². The average molecular weight is 514 g/mol. The van der Waals surface area contributed by atoms with Crippen molar-refractivity contribution in [2.45, 2.75) is 4.90 Å². The number of rotatable bonds is 6. The number of carbonyl (C=O) groups excluding carboxylic acids is 1. The smallest absolute Gasteiger partial charge is 0.337 e. The van der Waals surface area contributed by atoms with Gasteiger partial charge in [-0.1, -0.05) is 15.9 Å². The first-order valence-electron chi connectivity index (χ1n) is 9.27. The summed E-state index contributed by atoms with van der Waals surface area (Å²) in [5.74, 6) is -1.75. The lowest BCUT2D eigenvalue weighted by molar-refractivity contribution is 0.0698. The Morgan fingerprint density at radius 3 is 2.41 bits per heavy atom. The van der Waals surface area contributed by atoms with Crippen LogP contribution >= 0.6 is 15.9 Å². The van der Waals surface area contributed by atoms with E-state index in [1.165, 1.54) is 36.4 Å². The van der Waals surface area contributed by atoms with E-state index in [0.717, 1.165) is 10.9 Å². The molecule has 0 aliphatic heterocycles. The molecular formula is C22H16BrN3O5S. The standard InChI is InChI=1S/C22H16BrN3O5S/c23-15-3-7-20(18(12-15)22(28)29)25-21(27)13-1-5-17(6-2-13)32(30,31)26-16-4-8-19-14(11-16)9-10-24-19/h1-12,24,26H,(H,25,27)(H,28,29). The first-order valence-corrected chi connectivity index (χ1v) is 11.5. The van der Waals surface area contributed by atoms with Crippen LogP contribution in [0.5, 0.6) is 0 Å². The Morgan fingerprint density at radius 2 is 1.69 bits per heavy atom. The molecule has 162 valence electrons. The lowest BCUT2D eigenvalue weighted by atomic mass is 10.1. The quantitative estimate of drug-likeness (QED) is 0.297. The number of aromatic carboxylic acids is 1. The largest absolute Gasteiger partial charge is 0.478 e. The van der Waals surface area contributed by atoms with Crippen LogP contribution in [0.4, 0.5) is 11.4 Å². The van der Waals surface area contributed by atoms with Crippen LogP contribution in [0, 0.1) is 0 Å². The molecule has 1 amide bonds. The van der Waals surface area contributed by atoms with Crippen LogP contribution in [-0.2, 0) is 10.0 Å². The molecule has 0 spiro atoms. The van der Waals surface area contributed by atoms with Gasteiger partial charge in [-0.25, -0.2) is 13.2 Å². The van der Waals surface area contributed by atoms with Crippen LogP contribution in [0.2, 0.25) is 0 Å². The molecule has 4 aromatic rings. The molecule has 4 rings (SSSR count). The molecule has 0 saturated carbocycles. The Kier molecular flexibility index (Phi) is 5.72. The van der Waals surface area contributed by atoms with Crippen LogP contribution < -0.4 is 10.0 Å². The second kappa shape index (κ2) is 8.48. The molecule has 0 fully saturated rings. The van der Waals surface area contributed by atoms with Gasteiger partial charge in [0.1, 0.15) is 0 Å². The molecule has 1 aromatic heterocycles. The lowest BCUT2D eigenvalue weighted by Crippen LogP contribution is -2.16. The number of aromatic amines is 1. The van der Waals surface area contributed by atoms with Gasteiger partial charge in [0, 0.05) is 32.8 Å². The molecule has 1 heterocycles. The third-order valence-electron chi connectivity index (χ3n) is 4.69. The molecule has 0 unspecified atom stereocenters. The van der Waals surface area contributed by atoms with Crippen molar-refractivity contribution in [3.05, 3.63) is 88.5 Å². The summed E-state index contributed by atoms with van der Waals surface area (Å²) < 4.78 is 28.5. The molecule has 3 aromatic carbocycles. The molecule has 10 heteroatoms. The summed E-state index contributed by atoms with van der Waals surface area (Å²) >= 11 is 3.20. The van der Waals surface area contributed by atoms with Gasteiger partial charge in [0.05, 0.1) is 16.1 Å². The van der Waals surface area contributed by atoms with E-state index in [9.17, 15) is 23.1 Å². The van der Waals surface area contributed by atoms with Crippen molar-refractivity contribution in [2.24, 2.45) is 0 Å². The highest BCUT2D eigenvalue weighted by Crippen LogP contribution is 2.23. The van der Waals surface area contributed by atoms with Gasteiger partial charge >= 0.3 is 5.97 Å². The summed E-state index contributed by atoms with van der Waals surface area (Å²) in [5.41, 5.74) is 1.53. The number of carboxylic acid groups (broad SMARTS) is 1. The highest BCUT2D eigenvalue weighted by Gasteiger charge is 2.17. The van der Waals surface area contributed by atoms with Gasteiger partial charge in [0.15, 0.2) is 0 Å². The molecule has 0 bridgehead atoms. The SMILES string of the molecule is O=C(Nc1ccc(Br)cc1C(=O)O)c1ccc(S(=O)(=O)Nc2ccc3[nH]ccc3c2)cc1.